The van der Waals surface area contributed by atoms with E-state index in [0.717, 1.165) is 47.7 Å². The topological polar surface area (TPSA) is 63.4 Å². The van der Waals surface area contributed by atoms with Gasteiger partial charge in [-0.3, -0.25) is 0 Å². The maximum Gasteiger partial charge on any atom is 0.229 e. The van der Waals surface area contributed by atoms with E-state index in [4.69, 9.17) is 14.1 Å². The Hall–Kier alpha value is -3.54. The number of hydrogen-bond donors (Lipinski definition) is 1. The summed E-state index contributed by atoms with van der Waals surface area (Å²) >= 11 is 0. The van der Waals surface area contributed by atoms with Crippen molar-refractivity contribution in [2.24, 2.45) is 0 Å². The van der Waals surface area contributed by atoms with Gasteiger partial charge in [-0.1, -0.05) is 24.3 Å². The van der Waals surface area contributed by atoms with E-state index in [0.29, 0.717) is 5.95 Å². The summed E-state index contributed by atoms with van der Waals surface area (Å²) in [6, 6.07) is 16.1. The van der Waals surface area contributed by atoms with Gasteiger partial charge in [0.15, 0.2) is 5.58 Å². The molecule has 3 heterocycles. The summed E-state index contributed by atoms with van der Waals surface area (Å²) in [5.41, 5.74) is 4.07. The van der Waals surface area contributed by atoms with Gasteiger partial charge in [-0.15, -0.1) is 0 Å². The van der Waals surface area contributed by atoms with Crippen molar-refractivity contribution in [2.45, 2.75) is 13.0 Å². The lowest BCUT2D eigenvalue weighted by Gasteiger charge is -2.19. The summed E-state index contributed by atoms with van der Waals surface area (Å²) in [5.74, 6) is 2.43. The number of para-hydroxylation sites is 1. The summed E-state index contributed by atoms with van der Waals surface area (Å²) in [4.78, 5) is 11.6. The number of hydrogen-bond acceptors (Lipinski definition) is 6. The van der Waals surface area contributed by atoms with Gasteiger partial charge in [0.1, 0.15) is 11.6 Å². The fourth-order valence-corrected chi connectivity index (χ4v) is 3.59. The van der Waals surface area contributed by atoms with E-state index >= 15 is 0 Å². The lowest BCUT2D eigenvalue weighted by molar-refractivity contribution is 0.414. The molecule has 0 saturated heterocycles. The molecular formula is C22H20N4O2. The number of nitrogens with zero attached hydrogens (tertiary/aromatic N) is 3. The summed E-state index contributed by atoms with van der Waals surface area (Å²) in [5, 5.41) is 4.35. The number of ether oxygens (including phenoxy) is 1. The smallest absolute Gasteiger partial charge is 0.229 e. The van der Waals surface area contributed by atoms with E-state index in [1.54, 1.807) is 13.4 Å². The van der Waals surface area contributed by atoms with Gasteiger partial charge in [0, 0.05) is 30.2 Å². The molecule has 1 N–H and O–H groups in total. The van der Waals surface area contributed by atoms with Gasteiger partial charge in [-0.05, 0) is 36.2 Å². The zero-order valence-electron chi connectivity index (χ0n) is 15.6. The maximum absolute atomic E-state index is 5.59. The van der Waals surface area contributed by atoms with E-state index < -0.39 is 0 Å². The first-order chi connectivity index (χ1) is 13.8. The average Bonchev–Trinajstić information content (AvgIpc) is 3.36. The first-order valence-electron chi connectivity index (χ1n) is 9.27. The molecule has 0 atom stereocenters. The zero-order valence-corrected chi connectivity index (χ0v) is 15.6. The Morgan fingerprint density at radius 1 is 1.14 bits per heavy atom. The highest BCUT2D eigenvalue weighted by molar-refractivity contribution is 5.90. The second kappa shape index (κ2) is 6.88. The number of benzene rings is 2. The largest absolute Gasteiger partial charge is 0.497 e. The Morgan fingerprint density at radius 2 is 2.04 bits per heavy atom. The van der Waals surface area contributed by atoms with Crippen molar-refractivity contribution in [3.05, 3.63) is 72.1 Å². The van der Waals surface area contributed by atoms with Crippen molar-refractivity contribution < 1.29 is 9.15 Å². The van der Waals surface area contributed by atoms with E-state index in [1.165, 1.54) is 11.1 Å². The Bertz CT molecular complexity index is 1120. The predicted molar refractivity (Wildman–Crippen MR) is 109 cm³/mol. The van der Waals surface area contributed by atoms with Crippen molar-refractivity contribution in [3.63, 3.8) is 0 Å². The first-order valence-corrected chi connectivity index (χ1v) is 9.27. The highest BCUT2D eigenvalue weighted by atomic mass is 16.5. The van der Waals surface area contributed by atoms with Crippen LogP contribution in [0.2, 0.25) is 0 Å². The molecule has 0 bridgehead atoms. The van der Waals surface area contributed by atoms with Crippen LogP contribution in [0.5, 0.6) is 5.75 Å². The van der Waals surface area contributed by atoms with Crippen LogP contribution in [0.25, 0.3) is 11.0 Å². The Balaban J connectivity index is 1.40. The fourth-order valence-electron chi connectivity index (χ4n) is 3.59. The highest BCUT2D eigenvalue weighted by Crippen LogP contribution is 2.30. The van der Waals surface area contributed by atoms with Crippen LogP contribution in [0.3, 0.4) is 0 Å². The van der Waals surface area contributed by atoms with Crippen LogP contribution in [0.4, 0.5) is 17.5 Å². The first kappa shape index (κ1) is 16.6. The minimum atomic E-state index is 0.573. The summed E-state index contributed by atoms with van der Waals surface area (Å²) in [6.07, 6.45) is 4.57. The molecular weight excluding hydrogens is 352 g/mol. The third kappa shape index (κ3) is 3.03. The molecule has 0 saturated carbocycles. The molecule has 0 fully saturated rings. The molecule has 6 heteroatoms. The van der Waals surface area contributed by atoms with Crippen LogP contribution in [0.15, 0.2) is 65.4 Å². The van der Waals surface area contributed by atoms with E-state index in [9.17, 15) is 0 Å². The van der Waals surface area contributed by atoms with Gasteiger partial charge in [0.05, 0.1) is 19.1 Å². The lowest BCUT2D eigenvalue weighted by atomic mass is 10.2. The van der Waals surface area contributed by atoms with E-state index in [-0.39, 0.29) is 0 Å². The molecule has 1 aliphatic rings. The van der Waals surface area contributed by atoms with E-state index in [2.05, 4.69) is 27.3 Å². The predicted octanol–water partition coefficient (Wildman–Crippen LogP) is 4.54. The van der Waals surface area contributed by atoms with Crippen LogP contribution in [-0.4, -0.2) is 23.6 Å². The molecule has 0 radical (unpaired) electrons. The standard InChI is InChI=1S/C22H20N4O2/c1-27-18-7-5-15(6-8-18)14-26-11-9-17-13-23-22(25-21(17)26)24-19-4-2-3-16-10-12-28-20(16)19/h2-8,10,12-13H,9,11,14H2,1H3,(H,23,24,25). The van der Waals surface area contributed by atoms with Crippen LogP contribution in [0.1, 0.15) is 11.1 Å². The molecule has 28 heavy (non-hydrogen) atoms. The average molecular weight is 372 g/mol. The molecule has 0 amide bonds. The lowest BCUT2D eigenvalue weighted by Crippen LogP contribution is -2.20. The number of methoxy groups -OCH3 is 1. The van der Waals surface area contributed by atoms with Crippen molar-refractivity contribution in [3.8, 4) is 5.75 Å². The van der Waals surface area contributed by atoms with E-state index in [1.807, 2.05) is 42.6 Å². The number of furan rings is 1. The molecule has 1 aliphatic heterocycles. The molecule has 0 spiro atoms. The SMILES string of the molecule is COc1ccc(CN2CCc3cnc(Nc4cccc5ccoc45)nc32)cc1. The molecule has 140 valence electrons. The monoisotopic (exact) mass is 372 g/mol. The molecule has 2 aromatic heterocycles. The minimum Gasteiger partial charge on any atom is -0.497 e. The van der Waals surface area contributed by atoms with Gasteiger partial charge < -0.3 is 19.4 Å². The molecule has 5 rings (SSSR count). The Labute approximate surface area is 162 Å². The quantitative estimate of drug-likeness (QED) is 0.555. The number of aromatic nitrogens is 2. The van der Waals surface area contributed by atoms with Crippen molar-refractivity contribution >= 4 is 28.4 Å². The summed E-state index contributed by atoms with van der Waals surface area (Å²) in [6.45, 7) is 1.74. The second-order valence-corrected chi connectivity index (χ2v) is 6.83. The zero-order chi connectivity index (χ0) is 18.9. The molecule has 0 aliphatic carbocycles. The van der Waals surface area contributed by atoms with Crippen LogP contribution >= 0.6 is 0 Å². The van der Waals surface area contributed by atoms with Gasteiger partial charge in [-0.2, -0.15) is 4.98 Å². The second-order valence-electron chi connectivity index (χ2n) is 6.83. The third-order valence-electron chi connectivity index (χ3n) is 5.05. The summed E-state index contributed by atoms with van der Waals surface area (Å²) < 4.78 is 10.8. The Morgan fingerprint density at radius 3 is 2.89 bits per heavy atom. The highest BCUT2D eigenvalue weighted by Gasteiger charge is 2.22. The number of anilines is 3. The minimum absolute atomic E-state index is 0.573. The van der Waals surface area contributed by atoms with Crippen molar-refractivity contribution in [2.75, 3.05) is 23.9 Å². The van der Waals surface area contributed by atoms with Gasteiger partial charge >= 0.3 is 0 Å². The van der Waals surface area contributed by atoms with Gasteiger partial charge in [0.2, 0.25) is 5.95 Å². The summed E-state index contributed by atoms with van der Waals surface area (Å²) in [7, 11) is 1.68. The van der Waals surface area contributed by atoms with Crippen LogP contribution in [0, 0.1) is 0 Å². The van der Waals surface area contributed by atoms with Crippen molar-refractivity contribution in [1.82, 2.24) is 9.97 Å². The number of nitrogens with one attached hydrogen (secondary N) is 1. The third-order valence-corrected chi connectivity index (χ3v) is 5.05. The molecule has 4 aromatic rings. The molecule has 0 unspecified atom stereocenters. The maximum atomic E-state index is 5.59. The van der Waals surface area contributed by atoms with Gasteiger partial charge in [0.25, 0.3) is 0 Å². The normalized spacial score (nSPS) is 13.0. The van der Waals surface area contributed by atoms with Crippen LogP contribution in [-0.2, 0) is 13.0 Å². The number of fused-ring (bicyclic) bond motifs is 2. The van der Waals surface area contributed by atoms with Crippen molar-refractivity contribution in [1.29, 1.82) is 0 Å². The van der Waals surface area contributed by atoms with Crippen LogP contribution < -0.4 is 15.0 Å². The number of rotatable bonds is 5. The fraction of sp³-hybridized carbons (Fsp3) is 0.182. The molecule has 6 nitrogen and oxygen atoms in total. The molecule has 2 aromatic carbocycles. The van der Waals surface area contributed by atoms with Gasteiger partial charge in [-0.25, -0.2) is 4.98 Å². The Kier molecular flexibility index (Phi) is 4.09.